The number of hydrogen-bond donors (Lipinski definition) is 1. The molecule has 0 radical (unpaired) electrons. The van der Waals surface area contributed by atoms with Gasteiger partial charge >= 0.3 is 6.18 Å². The molecular weight excluding hydrogens is 481 g/mol. The Morgan fingerprint density at radius 2 is 1.78 bits per heavy atom. The molecule has 2 aromatic carbocycles. The molecule has 3 aromatic heterocycles. The highest BCUT2D eigenvalue weighted by Crippen LogP contribution is 2.31. The van der Waals surface area contributed by atoms with Gasteiger partial charge < -0.3 is 10.2 Å². The van der Waals surface area contributed by atoms with Gasteiger partial charge in [0, 0.05) is 25.9 Å². The van der Waals surface area contributed by atoms with Crippen LogP contribution in [0, 0.1) is 0 Å². The van der Waals surface area contributed by atoms with E-state index in [4.69, 9.17) is 0 Å². The van der Waals surface area contributed by atoms with E-state index >= 15 is 0 Å². The van der Waals surface area contributed by atoms with Crippen molar-refractivity contribution in [1.82, 2.24) is 29.7 Å². The largest absolute Gasteiger partial charge is 0.416 e. The van der Waals surface area contributed by atoms with Crippen LogP contribution in [0.5, 0.6) is 0 Å². The lowest BCUT2D eigenvalue weighted by atomic mass is 10.1. The van der Waals surface area contributed by atoms with Crippen LogP contribution >= 0.6 is 0 Å². The Morgan fingerprint density at radius 1 is 0.946 bits per heavy atom. The summed E-state index contributed by atoms with van der Waals surface area (Å²) >= 11 is 0. The number of rotatable bonds is 6. The number of benzene rings is 2. The molecule has 0 saturated heterocycles. The van der Waals surface area contributed by atoms with Gasteiger partial charge in [-0.3, -0.25) is 4.57 Å². The number of fused-ring (bicyclic) bond motifs is 1. The predicted octanol–water partition coefficient (Wildman–Crippen LogP) is 5.53. The second kappa shape index (κ2) is 9.49. The maximum absolute atomic E-state index is 13.1. The number of alkyl halides is 3. The van der Waals surface area contributed by atoms with E-state index in [0.717, 1.165) is 40.2 Å². The van der Waals surface area contributed by atoms with Crippen molar-refractivity contribution >= 4 is 22.8 Å². The van der Waals surface area contributed by atoms with Gasteiger partial charge in [-0.05, 0) is 55.0 Å². The smallest absolute Gasteiger partial charge is 0.361 e. The molecule has 0 aliphatic rings. The maximum atomic E-state index is 13.1. The van der Waals surface area contributed by atoms with Crippen LogP contribution in [0.15, 0.2) is 73.2 Å². The molecule has 0 fully saturated rings. The van der Waals surface area contributed by atoms with Crippen molar-refractivity contribution in [3.63, 3.8) is 0 Å². The van der Waals surface area contributed by atoms with Crippen molar-refractivity contribution in [3.05, 3.63) is 84.3 Å². The van der Waals surface area contributed by atoms with Crippen LogP contribution in [0.2, 0.25) is 0 Å². The lowest BCUT2D eigenvalue weighted by Crippen LogP contribution is -2.12. The number of nitrogens with zero attached hydrogens (tertiary/aromatic N) is 7. The van der Waals surface area contributed by atoms with Crippen LogP contribution in [0.25, 0.3) is 28.1 Å². The summed E-state index contributed by atoms with van der Waals surface area (Å²) in [5.74, 6) is 1.63. The number of halogens is 3. The fourth-order valence-corrected chi connectivity index (χ4v) is 3.89. The lowest BCUT2D eigenvalue weighted by Gasteiger charge is -2.16. The quantitative estimate of drug-likeness (QED) is 0.325. The van der Waals surface area contributed by atoms with Gasteiger partial charge in [0.15, 0.2) is 5.82 Å². The maximum Gasteiger partial charge on any atom is 0.416 e. The third-order valence-corrected chi connectivity index (χ3v) is 5.90. The van der Waals surface area contributed by atoms with Gasteiger partial charge in [-0.2, -0.15) is 18.2 Å². The average Bonchev–Trinajstić information content (AvgIpc) is 3.32. The predicted molar refractivity (Wildman–Crippen MR) is 135 cm³/mol. The van der Waals surface area contributed by atoms with Gasteiger partial charge in [0.25, 0.3) is 0 Å². The molecule has 188 valence electrons. The second-order valence-corrected chi connectivity index (χ2v) is 8.72. The van der Waals surface area contributed by atoms with Gasteiger partial charge in [0.2, 0.25) is 5.95 Å². The molecule has 37 heavy (non-hydrogen) atoms. The minimum absolute atomic E-state index is 0.289. The highest BCUT2D eigenvalue weighted by Gasteiger charge is 2.30. The fourth-order valence-electron chi connectivity index (χ4n) is 3.89. The molecule has 0 spiro atoms. The molecule has 0 unspecified atom stereocenters. The second-order valence-electron chi connectivity index (χ2n) is 8.72. The first kappa shape index (κ1) is 24.2. The topological polar surface area (TPSA) is 84.7 Å². The Balaban J connectivity index is 1.39. The minimum Gasteiger partial charge on any atom is -0.361 e. The van der Waals surface area contributed by atoms with E-state index in [1.165, 1.54) is 6.07 Å². The van der Waals surface area contributed by atoms with Crippen LogP contribution in [0.1, 0.15) is 24.1 Å². The zero-order valence-electron chi connectivity index (χ0n) is 20.3. The summed E-state index contributed by atoms with van der Waals surface area (Å²) in [5.41, 5.74) is 2.98. The van der Waals surface area contributed by atoms with E-state index < -0.39 is 17.8 Å². The zero-order valence-corrected chi connectivity index (χ0v) is 20.3. The first-order chi connectivity index (χ1) is 17.7. The normalized spacial score (nSPS) is 12.5. The molecule has 1 atom stereocenters. The van der Waals surface area contributed by atoms with Crippen LogP contribution < -0.4 is 10.2 Å². The molecule has 3 heterocycles. The number of imidazole rings is 1. The molecule has 0 aliphatic heterocycles. The van der Waals surface area contributed by atoms with E-state index in [0.29, 0.717) is 11.4 Å². The van der Waals surface area contributed by atoms with Crippen molar-refractivity contribution in [2.45, 2.75) is 19.1 Å². The van der Waals surface area contributed by atoms with E-state index in [1.54, 1.807) is 31.6 Å². The summed E-state index contributed by atoms with van der Waals surface area (Å²) in [6.07, 6.45) is -1.15. The first-order valence-electron chi connectivity index (χ1n) is 11.4. The average molecular weight is 505 g/mol. The van der Waals surface area contributed by atoms with E-state index in [1.807, 2.05) is 53.9 Å². The Morgan fingerprint density at radius 3 is 2.51 bits per heavy atom. The summed E-state index contributed by atoms with van der Waals surface area (Å²) in [6, 6.07) is 16.1. The molecule has 0 amide bonds. The fraction of sp³-hybridized carbons (Fsp3) is 0.192. The monoisotopic (exact) mass is 504 g/mol. The number of nitrogens with one attached hydrogen (secondary N) is 1. The third-order valence-electron chi connectivity index (χ3n) is 5.90. The van der Waals surface area contributed by atoms with Crippen LogP contribution in [-0.2, 0) is 6.18 Å². The van der Waals surface area contributed by atoms with E-state index in [2.05, 4.69) is 30.5 Å². The highest BCUT2D eigenvalue weighted by atomic mass is 19.4. The summed E-state index contributed by atoms with van der Waals surface area (Å²) in [6.45, 7) is 1.76. The summed E-state index contributed by atoms with van der Waals surface area (Å²) in [4.78, 5) is 15.2. The molecule has 0 aliphatic carbocycles. The Bertz CT molecular complexity index is 1540. The van der Waals surface area contributed by atoms with Crippen LogP contribution in [0.4, 0.5) is 24.9 Å². The lowest BCUT2D eigenvalue weighted by molar-refractivity contribution is -0.137. The van der Waals surface area contributed by atoms with Gasteiger partial charge in [-0.1, -0.05) is 18.2 Å². The van der Waals surface area contributed by atoms with Gasteiger partial charge in [0.05, 0.1) is 28.3 Å². The van der Waals surface area contributed by atoms with Crippen LogP contribution in [0.3, 0.4) is 0 Å². The van der Waals surface area contributed by atoms with Crippen molar-refractivity contribution in [2.24, 2.45) is 0 Å². The third kappa shape index (κ3) is 5.06. The Kier molecular flexibility index (Phi) is 6.20. The summed E-state index contributed by atoms with van der Waals surface area (Å²) in [7, 11) is 3.81. The highest BCUT2D eigenvalue weighted by molar-refractivity contribution is 5.82. The first-order valence-corrected chi connectivity index (χ1v) is 11.4. The molecule has 5 aromatic rings. The molecule has 5 rings (SSSR count). The number of hydrogen-bond acceptors (Lipinski definition) is 7. The molecule has 0 saturated carbocycles. The van der Waals surface area contributed by atoms with E-state index in [-0.39, 0.29) is 5.95 Å². The van der Waals surface area contributed by atoms with Crippen molar-refractivity contribution in [3.8, 4) is 17.1 Å². The molecule has 0 bridgehead atoms. The SMILES string of the molecule is C[C@H](Nc1nccc(-n2cnc3cc(-c4ccc(N(C)C)nn4)ccc32)n1)c1cccc(C(F)(F)F)c1. The van der Waals surface area contributed by atoms with Crippen molar-refractivity contribution in [1.29, 1.82) is 0 Å². The van der Waals surface area contributed by atoms with Gasteiger partial charge in [0.1, 0.15) is 12.1 Å². The molecule has 8 nitrogen and oxygen atoms in total. The van der Waals surface area contributed by atoms with Crippen molar-refractivity contribution in [2.75, 3.05) is 24.3 Å². The number of anilines is 2. The van der Waals surface area contributed by atoms with E-state index in [9.17, 15) is 13.2 Å². The molecule has 11 heteroatoms. The molecule has 1 N–H and O–H groups in total. The van der Waals surface area contributed by atoms with Gasteiger partial charge in [-0.25, -0.2) is 9.97 Å². The standard InChI is InChI=1S/C26H23F3N8/c1-16(17-5-4-6-19(13-17)26(27,28)29)32-25-30-12-11-23(33-25)37-15-31-21-14-18(7-9-22(21)37)20-8-10-24(35-34-20)36(2)3/h4-16H,1-3H3,(H,30,32,33)/t16-/m0/s1. The zero-order chi connectivity index (χ0) is 26.2. The summed E-state index contributed by atoms with van der Waals surface area (Å²) in [5, 5.41) is 11.6. The van der Waals surface area contributed by atoms with Crippen molar-refractivity contribution < 1.29 is 13.2 Å². The Hall–Kier alpha value is -4.54. The van der Waals surface area contributed by atoms with Crippen LogP contribution in [-0.4, -0.2) is 43.8 Å². The molecular formula is C26H23F3N8. The van der Waals surface area contributed by atoms with Gasteiger partial charge in [-0.15, -0.1) is 10.2 Å². The Labute approximate surface area is 210 Å². The minimum atomic E-state index is -4.41. The number of aromatic nitrogens is 6. The summed E-state index contributed by atoms with van der Waals surface area (Å²) < 4.78 is 41.1.